The molecule has 1 aliphatic heterocycles. The normalized spacial score (nSPS) is 16.9. The maximum Gasteiger partial charge on any atom is 0.230 e. The molecule has 0 unspecified atom stereocenters. The van der Waals surface area contributed by atoms with Gasteiger partial charge in [0.2, 0.25) is 11.8 Å². The lowest BCUT2D eigenvalue weighted by molar-refractivity contribution is -0.119. The number of carbonyl (C=O) groups excluding carboxylic acids is 2. The SMILES string of the molecule is NCCC(=O)Nc1ccc2c(c1)CCN2C(=O)C1CC1. The topological polar surface area (TPSA) is 75.4 Å². The van der Waals surface area contributed by atoms with Crippen molar-refractivity contribution in [3.8, 4) is 0 Å². The van der Waals surface area contributed by atoms with Crippen LogP contribution in [0.15, 0.2) is 18.2 Å². The summed E-state index contributed by atoms with van der Waals surface area (Å²) in [6.45, 7) is 1.10. The van der Waals surface area contributed by atoms with Crippen molar-refractivity contribution >= 4 is 23.2 Å². The van der Waals surface area contributed by atoms with Gasteiger partial charge in [-0.25, -0.2) is 0 Å². The Bertz CT molecular complexity index is 552. The molecule has 5 heteroatoms. The van der Waals surface area contributed by atoms with Gasteiger partial charge in [0.1, 0.15) is 0 Å². The molecule has 1 aliphatic carbocycles. The van der Waals surface area contributed by atoms with Crippen LogP contribution in [0.2, 0.25) is 0 Å². The van der Waals surface area contributed by atoms with Crippen LogP contribution in [0.3, 0.4) is 0 Å². The molecule has 0 saturated heterocycles. The Morgan fingerprint density at radius 2 is 2.15 bits per heavy atom. The molecule has 0 spiro atoms. The molecule has 1 heterocycles. The molecule has 5 nitrogen and oxygen atoms in total. The quantitative estimate of drug-likeness (QED) is 0.867. The Morgan fingerprint density at radius 3 is 2.85 bits per heavy atom. The Morgan fingerprint density at radius 1 is 1.35 bits per heavy atom. The van der Waals surface area contributed by atoms with Crippen molar-refractivity contribution in [3.05, 3.63) is 23.8 Å². The second-order valence-corrected chi connectivity index (χ2v) is 5.44. The predicted octanol–water partition coefficient (Wildman–Crippen LogP) is 1.27. The summed E-state index contributed by atoms with van der Waals surface area (Å²) in [6.07, 6.45) is 3.23. The van der Waals surface area contributed by atoms with Crippen LogP contribution in [0.5, 0.6) is 0 Å². The molecule has 1 fully saturated rings. The molecule has 3 N–H and O–H groups in total. The van der Waals surface area contributed by atoms with Gasteiger partial charge in [-0.3, -0.25) is 9.59 Å². The molecule has 106 valence electrons. The van der Waals surface area contributed by atoms with Crippen LogP contribution in [0.4, 0.5) is 11.4 Å². The molecule has 0 atom stereocenters. The van der Waals surface area contributed by atoms with Crippen LogP contribution in [0.25, 0.3) is 0 Å². The number of anilines is 2. The molecule has 0 bridgehead atoms. The van der Waals surface area contributed by atoms with Gasteiger partial charge in [0, 0.05) is 36.8 Å². The average molecular weight is 273 g/mol. The van der Waals surface area contributed by atoms with E-state index in [0.717, 1.165) is 42.7 Å². The first-order valence-electron chi connectivity index (χ1n) is 7.13. The summed E-state index contributed by atoms with van der Waals surface area (Å²) in [7, 11) is 0. The van der Waals surface area contributed by atoms with Gasteiger partial charge < -0.3 is 16.0 Å². The number of carbonyl (C=O) groups is 2. The van der Waals surface area contributed by atoms with Crippen LogP contribution >= 0.6 is 0 Å². The summed E-state index contributed by atoms with van der Waals surface area (Å²) in [5.41, 5.74) is 8.26. The monoisotopic (exact) mass is 273 g/mol. The van der Waals surface area contributed by atoms with E-state index in [0.29, 0.717) is 13.0 Å². The second kappa shape index (κ2) is 5.25. The lowest BCUT2D eigenvalue weighted by atomic mass is 10.1. The van der Waals surface area contributed by atoms with Gasteiger partial charge in [-0.05, 0) is 43.0 Å². The Balaban J connectivity index is 1.74. The number of hydrogen-bond donors (Lipinski definition) is 2. The predicted molar refractivity (Wildman–Crippen MR) is 77.5 cm³/mol. The number of amides is 2. The Kier molecular flexibility index (Phi) is 3.44. The van der Waals surface area contributed by atoms with Gasteiger partial charge in [0.15, 0.2) is 0 Å². The van der Waals surface area contributed by atoms with Crippen molar-refractivity contribution in [1.82, 2.24) is 0 Å². The van der Waals surface area contributed by atoms with E-state index >= 15 is 0 Å². The minimum Gasteiger partial charge on any atom is -0.330 e. The molecule has 20 heavy (non-hydrogen) atoms. The van der Waals surface area contributed by atoms with Crippen molar-refractivity contribution in [3.63, 3.8) is 0 Å². The van der Waals surface area contributed by atoms with Gasteiger partial charge in [0.25, 0.3) is 0 Å². The molecule has 2 aliphatic rings. The van der Waals surface area contributed by atoms with Crippen LogP contribution < -0.4 is 16.0 Å². The van der Waals surface area contributed by atoms with Crippen molar-refractivity contribution in [2.45, 2.75) is 25.7 Å². The van der Waals surface area contributed by atoms with E-state index in [1.807, 2.05) is 23.1 Å². The van der Waals surface area contributed by atoms with Crippen molar-refractivity contribution in [2.24, 2.45) is 11.7 Å². The molecule has 0 radical (unpaired) electrons. The van der Waals surface area contributed by atoms with Crippen molar-refractivity contribution in [1.29, 1.82) is 0 Å². The van der Waals surface area contributed by atoms with Crippen LogP contribution in [0, 0.1) is 5.92 Å². The lowest BCUT2D eigenvalue weighted by Crippen LogP contribution is -2.30. The summed E-state index contributed by atoms with van der Waals surface area (Å²) in [6, 6.07) is 5.75. The molecular formula is C15H19N3O2. The molecule has 1 saturated carbocycles. The number of nitrogens with two attached hydrogens (primary N) is 1. The number of nitrogens with zero attached hydrogens (tertiary/aromatic N) is 1. The highest BCUT2D eigenvalue weighted by atomic mass is 16.2. The highest BCUT2D eigenvalue weighted by molar-refractivity contribution is 5.99. The van der Waals surface area contributed by atoms with Crippen molar-refractivity contribution in [2.75, 3.05) is 23.3 Å². The number of nitrogens with one attached hydrogen (secondary N) is 1. The first-order valence-corrected chi connectivity index (χ1v) is 7.13. The summed E-state index contributed by atoms with van der Waals surface area (Å²) >= 11 is 0. The van der Waals surface area contributed by atoms with Crippen LogP contribution in [-0.2, 0) is 16.0 Å². The largest absolute Gasteiger partial charge is 0.330 e. The zero-order valence-electron chi connectivity index (χ0n) is 11.4. The standard InChI is InChI=1S/C15H19N3O2/c16-7-5-14(19)17-12-3-4-13-11(9-12)6-8-18(13)15(20)10-1-2-10/h3-4,9-10H,1-2,5-8,16H2,(H,17,19). The van der Waals surface area contributed by atoms with E-state index in [9.17, 15) is 9.59 Å². The van der Waals surface area contributed by atoms with E-state index in [2.05, 4.69) is 5.32 Å². The maximum atomic E-state index is 12.2. The summed E-state index contributed by atoms with van der Waals surface area (Å²) in [4.78, 5) is 25.6. The Hall–Kier alpha value is -1.88. The number of fused-ring (bicyclic) bond motifs is 1. The third-order valence-electron chi connectivity index (χ3n) is 3.82. The van der Waals surface area contributed by atoms with Gasteiger partial charge in [-0.2, -0.15) is 0 Å². The summed E-state index contributed by atoms with van der Waals surface area (Å²) < 4.78 is 0. The van der Waals surface area contributed by atoms with Gasteiger partial charge in [-0.15, -0.1) is 0 Å². The van der Waals surface area contributed by atoms with Gasteiger partial charge in [0.05, 0.1) is 0 Å². The smallest absolute Gasteiger partial charge is 0.230 e. The third-order valence-corrected chi connectivity index (χ3v) is 3.82. The zero-order chi connectivity index (χ0) is 14.1. The van der Waals surface area contributed by atoms with Crippen LogP contribution in [-0.4, -0.2) is 24.9 Å². The fourth-order valence-electron chi connectivity index (χ4n) is 2.61. The van der Waals surface area contributed by atoms with Crippen molar-refractivity contribution < 1.29 is 9.59 Å². The summed E-state index contributed by atoms with van der Waals surface area (Å²) in [5, 5.41) is 2.83. The molecule has 1 aromatic rings. The Labute approximate surface area is 118 Å². The van der Waals surface area contributed by atoms with E-state index in [1.165, 1.54) is 0 Å². The number of benzene rings is 1. The van der Waals surface area contributed by atoms with E-state index < -0.39 is 0 Å². The first kappa shape index (κ1) is 13.1. The fraction of sp³-hybridized carbons (Fsp3) is 0.467. The lowest BCUT2D eigenvalue weighted by Gasteiger charge is -2.17. The minimum atomic E-state index is -0.0728. The molecule has 0 aromatic heterocycles. The van der Waals surface area contributed by atoms with Gasteiger partial charge >= 0.3 is 0 Å². The molecule has 3 rings (SSSR count). The number of rotatable bonds is 4. The zero-order valence-corrected chi connectivity index (χ0v) is 11.4. The first-order chi connectivity index (χ1) is 9.69. The van der Waals surface area contributed by atoms with Crippen LogP contribution in [0.1, 0.15) is 24.8 Å². The highest BCUT2D eigenvalue weighted by Gasteiger charge is 2.36. The molecule has 1 aromatic carbocycles. The van der Waals surface area contributed by atoms with E-state index in [-0.39, 0.29) is 17.7 Å². The van der Waals surface area contributed by atoms with Gasteiger partial charge in [-0.1, -0.05) is 0 Å². The second-order valence-electron chi connectivity index (χ2n) is 5.44. The fourth-order valence-corrected chi connectivity index (χ4v) is 2.61. The molecule has 2 amide bonds. The summed E-state index contributed by atoms with van der Waals surface area (Å²) in [5.74, 6) is 0.421. The molecular weight excluding hydrogens is 254 g/mol. The third kappa shape index (κ3) is 2.54. The minimum absolute atomic E-state index is 0.0728. The maximum absolute atomic E-state index is 12.2. The van der Waals surface area contributed by atoms with E-state index in [4.69, 9.17) is 5.73 Å². The number of hydrogen-bond acceptors (Lipinski definition) is 3. The highest BCUT2D eigenvalue weighted by Crippen LogP contribution is 2.37. The van der Waals surface area contributed by atoms with E-state index in [1.54, 1.807) is 0 Å². The average Bonchev–Trinajstić information content (AvgIpc) is 3.18.